The zero-order chi connectivity index (χ0) is 18.0. The van der Waals surface area contributed by atoms with Crippen LogP contribution in [0, 0.1) is 6.92 Å². The Bertz CT molecular complexity index is 846. The lowest BCUT2D eigenvalue weighted by Gasteiger charge is -2.22. The van der Waals surface area contributed by atoms with Gasteiger partial charge in [-0.05, 0) is 33.2 Å². The summed E-state index contributed by atoms with van der Waals surface area (Å²) in [7, 11) is 5.82. The Labute approximate surface area is 146 Å². The molecule has 134 valence electrons. The van der Waals surface area contributed by atoms with Gasteiger partial charge in [0.15, 0.2) is 0 Å². The van der Waals surface area contributed by atoms with Crippen molar-refractivity contribution in [2.24, 2.45) is 7.05 Å². The Kier molecular flexibility index (Phi) is 4.89. The number of nitrogens with zero attached hydrogens (tertiary/aromatic N) is 5. The van der Waals surface area contributed by atoms with Crippen LogP contribution in [0.4, 0.5) is 0 Å². The van der Waals surface area contributed by atoms with Gasteiger partial charge in [0.1, 0.15) is 16.8 Å². The number of fused-ring (bicyclic) bond motifs is 1. The minimum absolute atomic E-state index is 0.0101. The molecule has 0 saturated heterocycles. The Morgan fingerprint density at radius 2 is 2.24 bits per heavy atom. The number of aromatic nitrogens is 4. The molecule has 0 saturated carbocycles. The molecule has 3 rings (SSSR count). The van der Waals surface area contributed by atoms with Gasteiger partial charge in [-0.1, -0.05) is 0 Å². The Morgan fingerprint density at radius 1 is 1.44 bits per heavy atom. The summed E-state index contributed by atoms with van der Waals surface area (Å²) in [4.78, 5) is 14.3. The zero-order valence-electron chi connectivity index (χ0n) is 15.1. The molecule has 0 fully saturated rings. The van der Waals surface area contributed by atoms with Gasteiger partial charge in [-0.2, -0.15) is 10.2 Å². The summed E-state index contributed by atoms with van der Waals surface area (Å²) in [6.45, 7) is 2.97. The lowest BCUT2D eigenvalue weighted by molar-refractivity contribution is -0.121. The van der Waals surface area contributed by atoms with E-state index in [0.717, 1.165) is 22.5 Å². The van der Waals surface area contributed by atoms with Crippen LogP contribution in [0.2, 0.25) is 0 Å². The molecule has 0 radical (unpaired) electrons. The SMILES string of the molecule is Cc1nn(C)c2cnn(CCC(=O)NCC(c3ccco3)N(C)C)c12. The number of aryl methyl sites for hydroxylation is 3. The molecule has 1 atom stereocenters. The van der Waals surface area contributed by atoms with Gasteiger partial charge in [-0.25, -0.2) is 0 Å². The minimum atomic E-state index is -0.0106. The molecular weight excluding hydrogens is 320 g/mol. The number of carbonyl (C=O) groups excluding carboxylic acids is 1. The largest absolute Gasteiger partial charge is 0.468 e. The molecule has 3 aromatic heterocycles. The fraction of sp³-hybridized carbons (Fsp3) is 0.471. The molecule has 0 aromatic carbocycles. The van der Waals surface area contributed by atoms with E-state index in [1.807, 2.05) is 49.8 Å². The third-order valence-corrected chi connectivity index (χ3v) is 4.35. The summed E-state index contributed by atoms with van der Waals surface area (Å²) in [5, 5.41) is 11.7. The van der Waals surface area contributed by atoms with Gasteiger partial charge in [0.05, 0.1) is 30.7 Å². The van der Waals surface area contributed by atoms with Crippen LogP contribution in [0.1, 0.15) is 23.9 Å². The molecule has 0 aliphatic carbocycles. The van der Waals surface area contributed by atoms with Crippen molar-refractivity contribution in [1.29, 1.82) is 0 Å². The van der Waals surface area contributed by atoms with Gasteiger partial charge in [0, 0.05) is 20.0 Å². The normalized spacial score (nSPS) is 12.8. The van der Waals surface area contributed by atoms with Crippen molar-refractivity contribution in [2.45, 2.75) is 25.9 Å². The maximum atomic E-state index is 12.2. The first-order chi connectivity index (χ1) is 12.0. The van der Waals surface area contributed by atoms with E-state index in [9.17, 15) is 4.79 Å². The summed E-state index contributed by atoms with van der Waals surface area (Å²) < 4.78 is 9.10. The molecule has 8 nitrogen and oxygen atoms in total. The summed E-state index contributed by atoms with van der Waals surface area (Å²) in [5.41, 5.74) is 2.88. The highest BCUT2D eigenvalue weighted by atomic mass is 16.3. The van der Waals surface area contributed by atoms with Crippen molar-refractivity contribution in [2.75, 3.05) is 20.6 Å². The minimum Gasteiger partial charge on any atom is -0.468 e. The first kappa shape index (κ1) is 17.2. The average Bonchev–Trinajstić information content (AvgIpc) is 3.26. The maximum absolute atomic E-state index is 12.2. The van der Waals surface area contributed by atoms with Crippen molar-refractivity contribution < 1.29 is 9.21 Å². The van der Waals surface area contributed by atoms with Crippen molar-refractivity contribution >= 4 is 16.9 Å². The van der Waals surface area contributed by atoms with Crippen molar-refractivity contribution in [3.05, 3.63) is 36.0 Å². The lowest BCUT2D eigenvalue weighted by atomic mass is 10.2. The number of likely N-dealkylation sites (N-methyl/N-ethyl adjacent to an activating group) is 1. The van der Waals surface area contributed by atoms with E-state index >= 15 is 0 Å². The van der Waals surface area contributed by atoms with E-state index in [-0.39, 0.29) is 11.9 Å². The molecular formula is C17H24N6O2. The molecule has 0 bridgehead atoms. The van der Waals surface area contributed by atoms with E-state index in [1.165, 1.54) is 0 Å². The number of furan rings is 1. The molecule has 0 spiro atoms. The number of hydrogen-bond donors (Lipinski definition) is 1. The zero-order valence-corrected chi connectivity index (χ0v) is 15.1. The standard InChI is InChI=1S/C17H24N6O2/c1-12-17-14(22(4)20-12)11-19-23(17)8-7-16(24)18-10-13(21(2)3)15-6-5-9-25-15/h5-6,9,11,13H,7-8,10H2,1-4H3,(H,18,24). The topological polar surface area (TPSA) is 81.1 Å². The molecule has 1 amide bonds. The first-order valence-corrected chi connectivity index (χ1v) is 8.29. The van der Waals surface area contributed by atoms with Crippen LogP contribution in [0.3, 0.4) is 0 Å². The van der Waals surface area contributed by atoms with Gasteiger partial charge in [0.2, 0.25) is 5.91 Å². The number of amides is 1. The van der Waals surface area contributed by atoms with Gasteiger partial charge in [-0.15, -0.1) is 0 Å². The van der Waals surface area contributed by atoms with E-state index in [1.54, 1.807) is 17.1 Å². The van der Waals surface area contributed by atoms with Crippen LogP contribution < -0.4 is 5.32 Å². The van der Waals surface area contributed by atoms with E-state index in [4.69, 9.17) is 4.42 Å². The van der Waals surface area contributed by atoms with Crippen molar-refractivity contribution in [3.8, 4) is 0 Å². The van der Waals surface area contributed by atoms with Crippen molar-refractivity contribution in [1.82, 2.24) is 29.8 Å². The fourth-order valence-corrected chi connectivity index (χ4v) is 3.01. The highest BCUT2D eigenvalue weighted by Crippen LogP contribution is 2.18. The van der Waals surface area contributed by atoms with Crippen LogP contribution in [0.25, 0.3) is 11.0 Å². The van der Waals surface area contributed by atoms with Gasteiger partial charge >= 0.3 is 0 Å². The molecule has 0 aliphatic rings. The number of hydrogen-bond acceptors (Lipinski definition) is 5. The Hall–Kier alpha value is -2.61. The molecule has 8 heteroatoms. The first-order valence-electron chi connectivity index (χ1n) is 8.29. The molecule has 3 heterocycles. The third-order valence-electron chi connectivity index (χ3n) is 4.35. The molecule has 25 heavy (non-hydrogen) atoms. The quantitative estimate of drug-likeness (QED) is 0.702. The smallest absolute Gasteiger partial charge is 0.221 e. The second kappa shape index (κ2) is 7.10. The summed E-state index contributed by atoms with van der Waals surface area (Å²) in [6, 6.07) is 3.78. The number of carbonyl (C=O) groups is 1. The van der Waals surface area contributed by atoms with Crippen LogP contribution in [-0.2, 0) is 18.4 Å². The second-order valence-electron chi connectivity index (χ2n) is 6.36. The molecule has 0 aliphatic heterocycles. The Balaban J connectivity index is 1.57. The van der Waals surface area contributed by atoms with Gasteiger partial charge < -0.3 is 9.73 Å². The fourth-order valence-electron chi connectivity index (χ4n) is 3.01. The third kappa shape index (κ3) is 3.58. The summed E-state index contributed by atoms with van der Waals surface area (Å²) in [5.74, 6) is 0.827. The molecule has 1 unspecified atom stereocenters. The Morgan fingerprint density at radius 3 is 2.92 bits per heavy atom. The van der Waals surface area contributed by atoms with E-state index in [2.05, 4.69) is 15.5 Å². The van der Waals surface area contributed by atoms with Crippen LogP contribution >= 0.6 is 0 Å². The molecule has 1 N–H and O–H groups in total. The highest BCUT2D eigenvalue weighted by molar-refractivity contribution is 5.78. The van der Waals surface area contributed by atoms with Gasteiger partial charge in [0.25, 0.3) is 0 Å². The van der Waals surface area contributed by atoms with E-state index < -0.39 is 0 Å². The van der Waals surface area contributed by atoms with Crippen LogP contribution in [-0.4, -0.2) is 51.0 Å². The predicted molar refractivity (Wildman–Crippen MR) is 94.0 cm³/mol. The molecule has 3 aromatic rings. The second-order valence-corrected chi connectivity index (χ2v) is 6.36. The number of rotatable bonds is 7. The van der Waals surface area contributed by atoms with Gasteiger partial charge in [-0.3, -0.25) is 19.1 Å². The monoisotopic (exact) mass is 344 g/mol. The highest BCUT2D eigenvalue weighted by Gasteiger charge is 2.18. The average molecular weight is 344 g/mol. The summed E-state index contributed by atoms with van der Waals surface area (Å²) >= 11 is 0. The van der Waals surface area contributed by atoms with Crippen LogP contribution in [0.15, 0.2) is 29.0 Å². The maximum Gasteiger partial charge on any atom is 0.221 e. The lowest BCUT2D eigenvalue weighted by Crippen LogP contribution is -2.34. The van der Waals surface area contributed by atoms with Crippen molar-refractivity contribution in [3.63, 3.8) is 0 Å². The summed E-state index contributed by atoms with van der Waals surface area (Å²) in [6.07, 6.45) is 3.79. The predicted octanol–water partition coefficient (Wildman–Crippen LogP) is 1.48. The van der Waals surface area contributed by atoms with Crippen LogP contribution in [0.5, 0.6) is 0 Å². The number of nitrogens with one attached hydrogen (secondary N) is 1. The van der Waals surface area contributed by atoms with E-state index in [0.29, 0.717) is 19.5 Å².